The van der Waals surface area contributed by atoms with E-state index >= 15 is 0 Å². The van der Waals surface area contributed by atoms with Crippen LogP contribution in [0, 0.1) is 11.3 Å². The van der Waals surface area contributed by atoms with Gasteiger partial charge in [0.25, 0.3) is 0 Å². The Morgan fingerprint density at radius 3 is 2.86 bits per heavy atom. The first-order chi connectivity index (χ1) is 10.6. The second kappa shape index (κ2) is 5.50. The minimum Gasteiger partial charge on any atom is -0.507 e. The molecule has 0 aliphatic carbocycles. The molecular formula is C15H11N3O3S. The van der Waals surface area contributed by atoms with Crippen LogP contribution in [0.25, 0.3) is 0 Å². The molecule has 1 unspecified atom stereocenters. The van der Waals surface area contributed by atoms with Crippen LogP contribution in [0.5, 0.6) is 5.75 Å². The number of phenols is 1. The maximum atomic E-state index is 10.9. The van der Waals surface area contributed by atoms with E-state index in [1.807, 2.05) is 16.8 Å². The Bertz CT molecular complexity index is 793. The van der Waals surface area contributed by atoms with Gasteiger partial charge in [0.05, 0.1) is 18.2 Å². The minimum absolute atomic E-state index is 0.113. The highest BCUT2D eigenvalue weighted by Crippen LogP contribution is 2.32. The second-order valence-corrected chi connectivity index (χ2v) is 5.58. The second-order valence-electron chi connectivity index (χ2n) is 4.80. The lowest BCUT2D eigenvalue weighted by atomic mass is 9.98. The van der Waals surface area contributed by atoms with Gasteiger partial charge in [-0.1, -0.05) is 0 Å². The Hall–Kier alpha value is -2.85. The summed E-state index contributed by atoms with van der Waals surface area (Å²) in [6, 6.07) is 8.30. The van der Waals surface area contributed by atoms with E-state index in [1.54, 1.807) is 22.4 Å². The molecule has 2 N–H and O–H groups in total. The lowest BCUT2D eigenvalue weighted by Gasteiger charge is -2.16. The molecule has 1 aliphatic rings. The van der Waals surface area contributed by atoms with Gasteiger partial charge in [-0.05, 0) is 34.5 Å². The standard InChI is InChI=1S/C15H11N3O3S/c16-6-13-12(9-3-4-22-8-9)7-18(17-13)10-1-2-11(15(20)21)14(19)5-10/h1-5,8,12,19H,7H2,(H,20,21). The van der Waals surface area contributed by atoms with Crippen LogP contribution < -0.4 is 5.01 Å². The number of benzene rings is 1. The van der Waals surface area contributed by atoms with Crippen LogP contribution in [0.2, 0.25) is 0 Å². The molecule has 7 heteroatoms. The molecule has 1 aromatic heterocycles. The SMILES string of the molecule is N#CC1=NN(c2ccc(C(=O)O)c(O)c2)CC1c1ccsc1. The summed E-state index contributed by atoms with van der Waals surface area (Å²) in [7, 11) is 0. The van der Waals surface area contributed by atoms with Crippen molar-refractivity contribution in [2.45, 2.75) is 5.92 Å². The highest BCUT2D eigenvalue weighted by atomic mass is 32.1. The Morgan fingerprint density at radius 1 is 1.45 bits per heavy atom. The molecule has 22 heavy (non-hydrogen) atoms. The van der Waals surface area contributed by atoms with Gasteiger partial charge in [-0.15, -0.1) is 0 Å². The Morgan fingerprint density at radius 2 is 2.27 bits per heavy atom. The topological polar surface area (TPSA) is 96.9 Å². The number of carboxylic acids is 1. The van der Waals surface area contributed by atoms with E-state index in [9.17, 15) is 15.2 Å². The van der Waals surface area contributed by atoms with Gasteiger partial charge in [-0.2, -0.15) is 21.7 Å². The molecule has 0 saturated carbocycles. The molecule has 2 aromatic rings. The first-order valence-electron chi connectivity index (χ1n) is 6.44. The third-order valence-corrected chi connectivity index (χ3v) is 4.19. The molecule has 1 aromatic carbocycles. The Balaban J connectivity index is 1.91. The van der Waals surface area contributed by atoms with Crippen LogP contribution >= 0.6 is 11.3 Å². The zero-order chi connectivity index (χ0) is 15.7. The van der Waals surface area contributed by atoms with Crippen LogP contribution in [-0.4, -0.2) is 28.4 Å². The number of aromatic hydroxyl groups is 1. The number of carboxylic acid groups (broad SMARTS) is 1. The van der Waals surface area contributed by atoms with Gasteiger partial charge >= 0.3 is 5.97 Å². The van der Waals surface area contributed by atoms with Gasteiger partial charge in [-0.25, -0.2) is 4.79 Å². The first kappa shape index (κ1) is 14.1. The van der Waals surface area contributed by atoms with Crippen molar-refractivity contribution in [3.8, 4) is 11.8 Å². The van der Waals surface area contributed by atoms with Gasteiger partial charge in [0.1, 0.15) is 23.1 Å². The van der Waals surface area contributed by atoms with Crippen molar-refractivity contribution in [3.63, 3.8) is 0 Å². The summed E-state index contributed by atoms with van der Waals surface area (Å²) in [5, 5.41) is 37.7. The summed E-state index contributed by atoms with van der Waals surface area (Å²) in [6.07, 6.45) is 0. The summed E-state index contributed by atoms with van der Waals surface area (Å²) in [4.78, 5) is 10.9. The molecule has 0 bridgehead atoms. The van der Waals surface area contributed by atoms with Crippen LogP contribution in [0.15, 0.2) is 40.1 Å². The molecule has 110 valence electrons. The third kappa shape index (κ3) is 2.40. The number of rotatable bonds is 3. The Labute approximate surface area is 130 Å². The predicted molar refractivity (Wildman–Crippen MR) is 82.5 cm³/mol. The van der Waals surface area contributed by atoms with E-state index < -0.39 is 5.97 Å². The van der Waals surface area contributed by atoms with E-state index in [0.29, 0.717) is 17.9 Å². The monoisotopic (exact) mass is 313 g/mol. The third-order valence-electron chi connectivity index (χ3n) is 3.48. The molecular weight excluding hydrogens is 302 g/mol. The van der Waals surface area contributed by atoms with Crippen molar-refractivity contribution in [1.82, 2.24) is 0 Å². The molecule has 0 amide bonds. The quantitative estimate of drug-likeness (QED) is 0.908. The summed E-state index contributed by atoms with van der Waals surface area (Å²) in [5.41, 5.74) is 1.81. The summed E-state index contributed by atoms with van der Waals surface area (Å²) in [5.74, 6) is -1.63. The van der Waals surface area contributed by atoms with Crippen molar-refractivity contribution >= 4 is 28.7 Å². The van der Waals surface area contributed by atoms with Crippen LogP contribution in [0.1, 0.15) is 21.8 Å². The first-order valence-corrected chi connectivity index (χ1v) is 7.39. The number of nitrogens with zero attached hydrogens (tertiary/aromatic N) is 3. The summed E-state index contributed by atoms with van der Waals surface area (Å²) in [6.45, 7) is 0.478. The van der Waals surface area contributed by atoms with Gasteiger partial charge in [0, 0.05) is 6.07 Å². The van der Waals surface area contributed by atoms with E-state index in [2.05, 4.69) is 11.2 Å². The Kier molecular flexibility index (Phi) is 3.53. The van der Waals surface area contributed by atoms with E-state index in [4.69, 9.17) is 5.11 Å². The number of hydrazone groups is 1. The summed E-state index contributed by atoms with van der Waals surface area (Å²) >= 11 is 1.56. The van der Waals surface area contributed by atoms with Crippen molar-refractivity contribution in [2.75, 3.05) is 11.6 Å². The minimum atomic E-state index is -1.19. The zero-order valence-electron chi connectivity index (χ0n) is 11.3. The molecule has 0 spiro atoms. The van der Waals surface area contributed by atoms with Crippen LogP contribution in [-0.2, 0) is 0 Å². The number of thiophene rings is 1. The van der Waals surface area contributed by atoms with Gasteiger partial charge in [0.2, 0.25) is 0 Å². The highest BCUT2D eigenvalue weighted by Gasteiger charge is 2.29. The molecule has 2 heterocycles. The fourth-order valence-electron chi connectivity index (χ4n) is 2.36. The van der Waals surface area contributed by atoms with Crippen molar-refractivity contribution < 1.29 is 15.0 Å². The lowest BCUT2D eigenvalue weighted by molar-refractivity contribution is 0.0694. The molecule has 6 nitrogen and oxygen atoms in total. The fraction of sp³-hybridized carbons (Fsp3) is 0.133. The van der Waals surface area contributed by atoms with Crippen LogP contribution in [0.3, 0.4) is 0 Å². The molecule has 3 rings (SSSR count). The van der Waals surface area contributed by atoms with E-state index in [1.165, 1.54) is 12.1 Å². The number of anilines is 1. The number of hydrogen-bond acceptors (Lipinski definition) is 6. The summed E-state index contributed by atoms with van der Waals surface area (Å²) < 4.78 is 0. The predicted octanol–water partition coefficient (Wildman–Crippen LogP) is 2.64. The molecule has 1 atom stereocenters. The number of hydrogen-bond donors (Lipinski definition) is 2. The van der Waals surface area contributed by atoms with E-state index in [-0.39, 0.29) is 17.2 Å². The van der Waals surface area contributed by atoms with Gasteiger partial charge in [0.15, 0.2) is 0 Å². The molecule has 1 aliphatic heterocycles. The number of carbonyl (C=O) groups is 1. The van der Waals surface area contributed by atoms with Crippen molar-refractivity contribution in [2.24, 2.45) is 5.10 Å². The van der Waals surface area contributed by atoms with Crippen molar-refractivity contribution in [3.05, 3.63) is 46.2 Å². The average Bonchev–Trinajstić information content (AvgIpc) is 3.15. The molecule has 0 fully saturated rings. The maximum Gasteiger partial charge on any atom is 0.339 e. The highest BCUT2D eigenvalue weighted by molar-refractivity contribution is 7.08. The van der Waals surface area contributed by atoms with Gasteiger partial charge < -0.3 is 10.2 Å². The van der Waals surface area contributed by atoms with Crippen LogP contribution in [0.4, 0.5) is 5.69 Å². The average molecular weight is 313 g/mol. The maximum absolute atomic E-state index is 10.9. The number of nitriles is 1. The van der Waals surface area contributed by atoms with E-state index in [0.717, 1.165) is 5.56 Å². The lowest BCUT2D eigenvalue weighted by Crippen LogP contribution is -2.17. The fourth-order valence-corrected chi connectivity index (χ4v) is 3.08. The largest absolute Gasteiger partial charge is 0.507 e. The zero-order valence-corrected chi connectivity index (χ0v) is 12.1. The number of aromatic carboxylic acids is 1. The van der Waals surface area contributed by atoms with Gasteiger partial charge in [-0.3, -0.25) is 5.01 Å². The van der Waals surface area contributed by atoms with Crippen molar-refractivity contribution in [1.29, 1.82) is 5.26 Å². The smallest absolute Gasteiger partial charge is 0.339 e. The normalized spacial score (nSPS) is 17.1. The molecule has 0 saturated heterocycles. The molecule has 0 radical (unpaired) electrons.